The molecule has 0 unspecified atom stereocenters. The van der Waals surface area contributed by atoms with Crippen LogP contribution in [0.15, 0.2) is 65.2 Å². The van der Waals surface area contributed by atoms with Gasteiger partial charge in [-0.05, 0) is 95.3 Å². The van der Waals surface area contributed by atoms with E-state index in [1.54, 1.807) is 0 Å². The molecule has 2 aliphatic rings. The first kappa shape index (κ1) is 26.7. The van der Waals surface area contributed by atoms with Crippen LogP contribution in [0, 0.1) is 18.3 Å². The molecule has 2 aromatic heterocycles. The first-order valence-electron chi connectivity index (χ1n) is 16.5. The molecule has 1 saturated carbocycles. The van der Waals surface area contributed by atoms with Gasteiger partial charge in [-0.25, -0.2) is 4.57 Å². The van der Waals surface area contributed by atoms with Crippen molar-refractivity contribution in [2.45, 2.75) is 96.3 Å². The largest absolute Gasteiger partial charge is 0.454 e. The minimum absolute atomic E-state index is 0.0669. The van der Waals surface area contributed by atoms with Crippen molar-refractivity contribution in [3.63, 3.8) is 0 Å². The summed E-state index contributed by atoms with van der Waals surface area (Å²) in [7, 11) is 2.07. The maximum atomic E-state index is 10.5. The summed E-state index contributed by atoms with van der Waals surface area (Å²) < 4.78 is 18.9. The zero-order chi connectivity index (χ0) is 31.0. The Morgan fingerprint density at radius 1 is 0.837 bits per heavy atom. The Hall–Kier alpha value is -3.90. The fraction of sp³-hybridized carbons (Fsp3) is 0.400. The highest BCUT2D eigenvalue weighted by Gasteiger charge is 2.42. The van der Waals surface area contributed by atoms with Crippen molar-refractivity contribution in [2.75, 3.05) is 0 Å². The number of nitriles is 1. The number of aromatic nitrogens is 1. The minimum Gasteiger partial charge on any atom is -0.454 e. The van der Waals surface area contributed by atoms with Gasteiger partial charge in [-0.1, -0.05) is 71.2 Å². The number of nitrogens with zero attached hydrogens (tertiary/aromatic N) is 2. The van der Waals surface area contributed by atoms with E-state index in [2.05, 4.69) is 101 Å². The Labute approximate surface area is 257 Å². The average molecular weight is 569 g/mol. The highest BCUT2D eigenvalue weighted by Crippen LogP contribution is 2.54. The molecule has 5 aromatic rings. The number of hydrogen-bond acceptors (Lipinski definition) is 2. The van der Waals surface area contributed by atoms with Crippen molar-refractivity contribution < 1.29 is 10.4 Å². The molecule has 2 heterocycles. The number of hydrogen-bond donors (Lipinski definition) is 0. The van der Waals surface area contributed by atoms with Gasteiger partial charge >= 0.3 is 0 Å². The van der Waals surface area contributed by atoms with Gasteiger partial charge in [0.15, 0.2) is 6.20 Å². The summed E-state index contributed by atoms with van der Waals surface area (Å²) in [5.74, 6) is -0.563. The van der Waals surface area contributed by atoms with Crippen LogP contribution in [0.4, 0.5) is 0 Å². The average Bonchev–Trinajstić information content (AvgIpc) is 3.38. The number of fused-ring (bicyclic) bond motifs is 4. The van der Waals surface area contributed by atoms with E-state index in [4.69, 9.17) is 4.42 Å². The van der Waals surface area contributed by atoms with Crippen LogP contribution in [0.5, 0.6) is 0 Å². The molecular formula is C40H43N2O+. The van der Waals surface area contributed by atoms with Gasteiger partial charge in [-0.2, -0.15) is 5.26 Å². The fourth-order valence-corrected chi connectivity index (χ4v) is 8.10. The van der Waals surface area contributed by atoms with Gasteiger partial charge in [0, 0.05) is 29.8 Å². The smallest absolute Gasteiger partial charge is 0.216 e. The maximum Gasteiger partial charge on any atom is 0.216 e. The van der Waals surface area contributed by atoms with Gasteiger partial charge < -0.3 is 4.42 Å². The first-order valence-corrected chi connectivity index (χ1v) is 16.0. The number of aryl methyl sites for hydroxylation is 2. The van der Waals surface area contributed by atoms with Gasteiger partial charge in [0.1, 0.15) is 18.2 Å². The molecule has 218 valence electrons. The van der Waals surface area contributed by atoms with Crippen LogP contribution in [-0.4, -0.2) is 0 Å². The lowest BCUT2D eigenvalue weighted by Crippen LogP contribution is -2.36. The number of pyridine rings is 1. The van der Waals surface area contributed by atoms with Gasteiger partial charge in [0.05, 0.1) is 17.2 Å². The standard InChI is InChI=1S/C40H43N2O/c1-25-15-17-29-30-18-16-27(24-41)34(38(30)43-37(29)33(25)32-14-10-11-23-42(32)6)31-20-19-28(26-12-8-7-9-13-26)35-36(31)40(4,5)22-21-39(35,2)3/h10-11,14-20,23,26H,7-9,12-13,21-22H2,1-6H3/q+1/i26D. The molecule has 1 fully saturated rings. The molecule has 0 radical (unpaired) electrons. The molecule has 0 aliphatic heterocycles. The molecule has 0 spiro atoms. The number of furan rings is 1. The highest BCUT2D eigenvalue weighted by atomic mass is 16.3. The maximum absolute atomic E-state index is 10.5. The van der Waals surface area contributed by atoms with Crippen LogP contribution < -0.4 is 4.57 Å². The van der Waals surface area contributed by atoms with Crippen molar-refractivity contribution in [1.82, 2.24) is 0 Å². The summed E-state index contributed by atoms with van der Waals surface area (Å²) in [5.41, 5.74) is 11.2. The zero-order valence-corrected chi connectivity index (χ0v) is 26.5. The van der Waals surface area contributed by atoms with E-state index in [1.165, 1.54) is 23.1 Å². The summed E-state index contributed by atoms with van der Waals surface area (Å²) in [6.07, 6.45) is 9.48. The van der Waals surface area contributed by atoms with Crippen molar-refractivity contribution in [3.05, 3.63) is 88.6 Å². The van der Waals surface area contributed by atoms with Crippen LogP contribution in [0.2, 0.25) is 0 Å². The Morgan fingerprint density at radius 2 is 1.51 bits per heavy atom. The molecule has 43 heavy (non-hydrogen) atoms. The van der Waals surface area contributed by atoms with E-state index >= 15 is 0 Å². The van der Waals surface area contributed by atoms with Crippen molar-refractivity contribution >= 4 is 21.9 Å². The fourth-order valence-electron chi connectivity index (χ4n) is 8.10. The summed E-state index contributed by atoms with van der Waals surface area (Å²) in [6.45, 7) is 11.6. The molecule has 7 rings (SSSR count). The van der Waals surface area contributed by atoms with Gasteiger partial charge in [-0.15, -0.1) is 0 Å². The minimum atomic E-state index is -0.563. The van der Waals surface area contributed by atoms with Gasteiger partial charge in [0.25, 0.3) is 0 Å². The highest BCUT2D eigenvalue weighted by molar-refractivity contribution is 6.14. The second-order valence-corrected chi connectivity index (χ2v) is 14.3. The van der Waals surface area contributed by atoms with Crippen molar-refractivity contribution in [1.29, 1.82) is 5.26 Å². The molecule has 0 bridgehead atoms. The van der Waals surface area contributed by atoms with E-state index < -0.39 is 5.89 Å². The second kappa shape index (κ2) is 10.1. The van der Waals surface area contributed by atoms with E-state index in [-0.39, 0.29) is 10.8 Å². The molecule has 3 aromatic carbocycles. The predicted molar refractivity (Wildman–Crippen MR) is 176 cm³/mol. The molecule has 0 amide bonds. The molecule has 2 aliphatic carbocycles. The number of rotatable bonds is 3. The Bertz CT molecular complexity index is 2000. The van der Waals surface area contributed by atoms with E-state index in [1.807, 2.05) is 12.1 Å². The molecule has 0 atom stereocenters. The third-order valence-corrected chi connectivity index (χ3v) is 10.5. The molecule has 0 saturated heterocycles. The van der Waals surface area contributed by atoms with Crippen LogP contribution in [-0.2, 0) is 17.9 Å². The van der Waals surface area contributed by atoms with E-state index in [9.17, 15) is 6.63 Å². The quantitative estimate of drug-likeness (QED) is 0.203. The van der Waals surface area contributed by atoms with Crippen LogP contribution >= 0.6 is 0 Å². The van der Waals surface area contributed by atoms with Crippen molar-refractivity contribution in [2.24, 2.45) is 7.05 Å². The van der Waals surface area contributed by atoms with Crippen molar-refractivity contribution in [3.8, 4) is 28.5 Å². The first-order chi connectivity index (χ1) is 21.0. The Balaban J connectivity index is 1.59. The summed E-state index contributed by atoms with van der Waals surface area (Å²) in [5, 5.41) is 12.6. The molecular weight excluding hydrogens is 524 g/mol. The lowest BCUT2D eigenvalue weighted by atomic mass is 9.59. The third kappa shape index (κ3) is 4.33. The van der Waals surface area contributed by atoms with Crippen LogP contribution in [0.25, 0.3) is 44.3 Å². The second-order valence-electron chi connectivity index (χ2n) is 14.3. The van der Waals surface area contributed by atoms with E-state index in [0.717, 1.165) is 88.4 Å². The Kier molecular flexibility index (Phi) is 6.27. The third-order valence-electron chi connectivity index (χ3n) is 10.5. The monoisotopic (exact) mass is 568 g/mol. The topological polar surface area (TPSA) is 40.8 Å². The van der Waals surface area contributed by atoms with Gasteiger partial charge in [-0.3, -0.25) is 0 Å². The predicted octanol–water partition coefficient (Wildman–Crippen LogP) is 10.3. The van der Waals surface area contributed by atoms with Crippen LogP contribution in [0.3, 0.4) is 0 Å². The lowest BCUT2D eigenvalue weighted by Gasteiger charge is -2.45. The summed E-state index contributed by atoms with van der Waals surface area (Å²) >= 11 is 0. The molecule has 0 N–H and O–H groups in total. The SMILES string of the molecule is [2H]C1(c2ccc(-c3c(C#N)ccc4c3oc3c(-c5cccc[n+]5C)c(C)ccc34)c3c2C(C)(C)CCC3(C)C)CCCCC1. The summed E-state index contributed by atoms with van der Waals surface area (Å²) in [4.78, 5) is 0. The van der Waals surface area contributed by atoms with Gasteiger partial charge in [0.2, 0.25) is 5.69 Å². The normalized spacial score (nSPS) is 19.1. The Morgan fingerprint density at radius 3 is 2.21 bits per heavy atom. The lowest BCUT2D eigenvalue weighted by molar-refractivity contribution is -0.660. The molecule has 3 nitrogen and oxygen atoms in total. The number of benzene rings is 3. The molecule has 3 heteroatoms. The zero-order valence-electron chi connectivity index (χ0n) is 27.5. The van der Waals surface area contributed by atoms with Crippen LogP contribution in [0.1, 0.15) is 108 Å². The summed E-state index contributed by atoms with van der Waals surface area (Å²) in [6, 6.07) is 21.6. The van der Waals surface area contributed by atoms with E-state index in [0.29, 0.717) is 5.56 Å².